The van der Waals surface area contributed by atoms with Crippen LogP contribution in [-0.2, 0) is 26.9 Å². The summed E-state index contributed by atoms with van der Waals surface area (Å²) in [5.41, 5.74) is 20.1. The molecule has 0 saturated carbocycles. The first kappa shape index (κ1) is 45.8. The fourth-order valence-electron chi connectivity index (χ4n) is 8.80. The van der Waals surface area contributed by atoms with Gasteiger partial charge in [-0.3, -0.25) is 28.1 Å². The van der Waals surface area contributed by atoms with Crippen molar-refractivity contribution in [3.8, 4) is 33.6 Å². The van der Waals surface area contributed by atoms with E-state index in [1.165, 1.54) is 6.20 Å². The molecule has 0 fully saturated rings. The number of pyridine rings is 2. The lowest BCUT2D eigenvalue weighted by atomic mass is 9.95. The quantitative estimate of drug-likeness (QED) is 0.0987. The van der Waals surface area contributed by atoms with Crippen molar-refractivity contribution < 1.29 is 0 Å². The van der Waals surface area contributed by atoms with Crippen molar-refractivity contribution in [1.82, 2.24) is 48.6 Å². The number of benzene rings is 4. The molecule has 0 unspecified atom stereocenters. The van der Waals surface area contributed by atoms with Gasteiger partial charge in [-0.1, -0.05) is 86.6 Å². The Bertz CT molecular complexity index is 3690. The van der Waals surface area contributed by atoms with E-state index < -0.39 is 0 Å². The highest BCUT2D eigenvalue weighted by atomic mass is 127. The second-order valence-corrected chi connectivity index (χ2v) is 18.0. The molecule has 10 aromatic rings. The third kappa shape index (κ3) is 9.36. The number of para-hydroxylation sites is 2. The van der Waals surface area contributed by atoms with E-state index in [4.69, 9.17) is 18.0 Å². The zero-order valence-electron chi connectivity index (χ0n) is 38.2. The Morgan fingerprint density at radius 2 is 1.06 bits per heavy atom. The summed E-state index contributed by atoms with van der Waals surface area (Å²) in [5, 5.41) is 11.6. The third-order valence-electron chi connectivity index (χ3n) is 12.0. The molecular weight excluding hydrogens is 978 g/mol. The van der Waals surface area contributed by atoms with Gasteiger partial charge >= 0.3 is 0 Å². The number of aromatic nitrogens is 10. The summed E-state index contributed by atoms with van der Waals surface area (Å²) < 4.78 is 8.00. The summed E-state index contributed by atoms with van der Waals surface area (Å²) in [5.74, 6) is 0.244. The van der Waals surface area contributed by atoms with E-state index in [-0.39, 0.29) is 34.9 Å². The monoisotopic (exact) mass is 1020 g/mol. The molecule has 6 heterocycles. The maximum atomic E-state index is 14.1. The summed E-state index contributed by atoms with van der Waals surface area (Å²) in [7, 11) is 3.73. The molecular formula is C53H46IN13O2. The predicted molar refractivity (Wildman–Crippen MR) is 280 cm³/mol. The van der Waals surface area contributed by atoms with Gasteiger partial charge in [-0.2, -0.15) is 10.2 Å². The Labute approximate surface area is 410 Å². The molecule has 2 atom stereocenters. The summed E-state index contributed by atoms with van der Waals surface area (Å²) >= 11 is 2.23. The lowest BCUT2D eigenvalue weighted by Gasteiger charge is -2.21. The van der Waals surface area contributed by atoms with Crippen molar-refractivity contribution >= 4 is 61.7 Å². The molecule has 342 valence electrons. The fraction of sp³-hybridized carbons (Fsp3) is 0.151. The molecule has 4 N–H and O–H groups in total. The third-order valence-corrected chi connectivity index (χ3v) is 12.9. The predicted octanol–water partition coefficient (Wildman–Crippen LogP) is 9.37. The Morgan fingerprint density at radius 1 is 0.609 bits per heavy atom. The van der Waals surface area contributed by atoms with Crippen molar-refractivity contribution in [3.05, 3.63) is 205 Å². The van der Waals surface area contributed by atoms with Crippen LogP contribution in [0.5, 0.6) is 0 Å². The molecule has 0 radical (unpaired) electrons. The molecule has 15 nitrogen and oxygen atoms in total. The van der Waals surface area contributed by atoms with E-state index >= 15 is 0 Å². The normalized spacial score (nSPS) is 12.1. The van der Waals surface area contributed by atoms with Crippen LogP contribution < -0.4 is 22.6 Å². The first-order valence-electron chi connectivity index (χ1n) is 22.1. The van der Waals surface area contributed by atoms with E-state index in [1.54, 1.807) is 32.5 Å². The number of hydrogen-bond donors (Lipinski definition) is 2. The Hall–Kier alpha value is -8.30. The number of halogens is 1. The summed E-state index contributed by atoms with van der Waals surface area (Å²) in [6.45, 7) is 11.6. The number of anilines is 2. The average molecular weight is 1020 g/mol. The van der Waals surface area contributed by atoms with Gasteiger partial charge in [0.05, 0.1) is 44.7 Å². The number of fused-ring (bicyclic) bond motifs is 2. The molecule has 4 aromatic carbocycles. The number of nitrogens with two attached hydrogens (primary N) is 2. The van der Waals surface area contributed by atoms with E-state index in [9.17, 15) is 9.59 Å². The zero-order valence-corrected chi connectivity index (χ0v) is 40.4. The Balaban J connectivity index is 0.000000172. The molecule has 0 saturated heterocycles. The van der Waals surface area contributed by atoms with Crippen LogP contribution in [0.2, 0.25) is 0 Å². The van der Waals surface area contributed by atoms with Gasteiger partial charge in [0, 0.05) is 84.6 Å². The van der Waals surface area contributed by atoms with Crippen molar-refractivity contribution in [1.29, 1.82) is 0 Å². The van der Waals surface area contributed by atoms with Gasteiger partial charge in [0.1, 0.15) is 0 Å². The number of nitrogens with zero attached hydrogens (tertiary/aromatic N) is 11. The van der Waals surface area contributed by atoms with E-state index in [0.717, 1.165) is 65.1 Å². The minimum absolute atomic E-state index is 0.00201. The minimum Gasteiger partial charge on any atom is -0.368 e. The molecule has 0 amide bonds. The van der Waals surface area contributed by atoms with Crippen LogP contribution >= 0.6 is 22.6 Å². The van der Waals surface area contributed by atoms with Crippen LogP contribution in [-0.4, -0.2) is 48.6 Å². The molecule has 0 aliphatic heterocycles. The van der Waals surface area contributed by atoms with Gasteiger partial charge in [0.25, 0.3) is 11.1 Å². The molecule has 6 aromatic heterocycles. The van der Waals surface area contributed by atoms with Gasteiger partial charge in [-0.25, -0.2) is 24.8 Å². The van der Waals surface area contributed by atoms with Crippen molar-refractivity contribution in [2.24, 2.45) is 14.1 Å². The molecule has 10 rings (SSSR count). The second kappa shape index (κ2) is 19.5. The molecule has 0 aliphatic rings. The van der Waals surface area contributed by atoms with E-state index in [2.05, 4.69) is 76.6 Å². The number of hydrogen-bond acceptors (Lipinski definition) is 10. The number of aryl methyl sites for hydroxylation is 2. The molecule has 69 heavy (non-hydrogen) atoms. The summed E-state index contributed by atoms with van der Waals surface area (Å²) in [6, 6.07) is 35.3. The second-order valence-electron chi connectivity index (χ2n) is 16.8. The minimum atomic E-state index is -0.135. The highest BCUT2D eigenvalue weighted by Crippen LogP contribution is 2.33. The maximum Gasteiger partial charge on any atom is 0.263 e. The lowest BCUT2D eigenvalue weighted by molar-refractivity contribution is 0.682. The van der Waals surface area contributed by atoms with Crippen LogP contribution in [0, 0.1) is 10.1 Å². The van der Waals surface area contributed by atoms with Gasteiger partial charge < -0.3 is 11.5 Å². The topological polar surface area (TPSA) is 188 Å². The van der Waals surface area contributed by atoms with Crippen LogP contribution in [0.4, 0.5) is 17.6 Å². The van der Waals surface area contributed by atoms with Gasteiger partial charge in [0.2, 0.25) is 17.6 Å². The van der Waals surface area contributed by atoms with Crippen LogP contribution in [0.15, 0.2) is 156 Å². The number of rotatable bonds is 10. The standard InChI is InChI=1S/C27H23N7O.C26H23IN6O/c1-17(12-22-23(29-2)15-30-27(28)32-22)24-13-18-8-7-11-21(19-14-31-33(3)16-19)25(18)26(35)34(24)20-9-5-4-6-10-20;1-16(11-22-21(27)14-29-26(28)31-22)23-12-17-7-6-10-20(18-13-30-32(2)15-18)24(17)25(34)33(23)19-8-4-3-5-9-19/h4-11,13-17H,12H2,1,3H3,(H2,28,30,32);3-10,12-16H,11H2,1-2H3,(H2,28,29,31)/t17-;16-/m11/s1. The SMILES string of the molecule is C[C@H](Cc1nc(N)ncc1I)c1cc2cccc(-c3cnn(C)c3)c2c(=O)n1-c1ccccc1.[C-]#[N+]c1cnc(N)nc1C[C@@H](C)c1cc2cccc(-c3cnn(C)c3)c2c(=O)n1-c1ccccc1. The average Bonchev–Trinajstić information content (AvgIpc) is 4.00. The van der Waals surface area contributed by atoms with Crippen LogP contribution in [0.1, 0.15) is 48.5 Å². The Morgan fingerprint density at radius 3 is 1.51 bits per heavy atom. The summed E-state index contributed by atoms with van der Waals surface area (Å²) in [4.78, 5) is 48.6. The first-order chi connectivity index (χ1) is 33.4. The van der Waals surface area contributed by atoms with Gasteiger partial charge in [0.15, 0.2) is 0 Å². The van der Waals surface area contributed by atoms with Crippen LogP contribution in [0.25, 0.3) is 60.0 Å². The molecule has 0 aliphatic carbocycles. The number of nitrogen functional groups attached to an aromatic ring is 2. The maximum absolute atomic E-state index is 14.1. The Kier molecular flexibility index (Phi) is 13.0. The smallest absolute Gasteiger partial charge is 0.263 e. The largest absolute Gasteiger partial charge is 0.368 e. The lowest BCUT2D eigenvalue weighted by Crippen LogP contribution is -2.24. The zero-order chi connectivity index (χ0) is 48.3. The highest BCUT2D eigenvalue weighted by molar-refractivity contribution is 14.1. The summed E-state index contributed by atoms with van der Waals surface area (Å²) in [6.07, 6.45) is 11.6. The molecule has 0 bridgehead atoms. The highest BCUT2D eigenvalue weighted by Gasteiger charge is 2.23. The van der Waals surface area contributed by atoms with Gasteiger partial charge in [-0.15, -0.1) is 0 Å². The first-order valence-corrected chi connectivity index (χ1v) is 23.2. The van der Waals surface area contributed by atoms with E-state index in [1.807, 2.05) is 135 Å². The van der Waals surface area contributed by atoms with Crippen LogP contribution in [0.3, 0.4) is 0 Å². The van der Waals surface area contributed by atoms with Crippen molar-refractivity contribution in [2.45, 2.75) is 38.5 Å². The van der Waals surface area contributed by atoms with Crippen molar-refractivity contribution in [2.75, 3.05) is 11.5 Å². The van der Waals surface area contributed by atoms with E-state index in [0.29, 0.717) is 35.0 Å². The molecule has 0 spiro atoms. The van der Waals surface area contributed by atoms with Gasteiger partial charge in [-0.05, 0) is 93.7 Å². The van der Waals surface area contributed by atoms with Crippen molar-refractivity contribution in [3.63, 3.8) is 0 Å². The fourth-order valence-corrected chi connectivity index (χ4v) is 9.28. The molecule has 16 heteroatoms.